The van der Waals surface area contributed by atoms with E-state index in [1.165, 1.54) is 0 Å². The second-order valence-corrected chi connectivity index (χ2v) is 4.08. The Morgan fingerprint density at radius 1 is 1.12 bits per heavy atom. The van der Waals surface area contributed by atoms with Crippen molar-refractivity contribution in [2.45, 2.75) is 5.66 Å². The topological polar surface area (TPSA) is 69.1 Å². The van der Waals surface area contributed by atoms with E-state index in [2.05, 4.69) is 0 Å². The van der Waals surface area contributed by atoms with Crippen LogP contribution in [-0.2, 0) is 10.5 Å². The number of carbonyl (C=O) groups excluding carboxylic acids is 1. The molecular formula is C14H14N2O. The lowest BCUT2D eigenvalue weighted by atomic mass is 9.80. The van der Waals surface area contributed by atoms with Crippen LogP contribution in [0.2, 0.25) is 0 Å². The minimum Gasteiger partial charge on any atom is -0.309 e. The summed E-state index contributed by atoms with van der Waals surface area (Å²) in [5, 5.41) is 0. The number of nitrogens with two attached hydrogens (primary N) is 2. The van der Waals surface area contributed by atoms with Gasteiger partial charge in [0, 0.05) is 11.5 Å². The molecule has 0 aromatic heterocycles. The Morgan fingerprint density at radius 3 is 2.47 bits per heavy atom. The Balaban J connectivity index is 2.42. The van der Waals surface area contributed by atoms with Crippen LogP contribution < -0.4 is 11.5 Å². The van der Waals surface area contributed by atoms with Crippen molar-refractivity contribution in [3.63, 3.8) is 0 Å². The van der Waals surface area contributed by atoms with E-state index in [9.17, 15) is 4.79 Å². The van der Waals surface area contributed by atoms with Crippen LogP contribution in [0.1, 0.15) is 5.56 Å². The molecular weight excluding hydrogens is 212 g/mol. The average molecular weight is 226 g/mol. The molecule has 0 spiro atoms. The number of allylic oxidation sites excluding steroid dienone is 3. The van der Waals surface area contributed by atoms with Crippen LogP contribution in [0, 0.1) is 5.92 Å². The van der Waals surface area contributed by atoms with Crippen molar-refractivity contribution < 1.29 is 4.79 Å². The standard InChI is InChI=1S/C14H14N2O/c15-14(16,12-7-2-1-3-8-12)13-9-5-4-6-11(13)10-17/h1-9,13H,15-16H2. The Labute approximate surface area is 100 Å². The van der Waals surface area contributed by atoms with E-state index in [-0.39, 0.29) is 5.92 Å². The summed E-state index contributed by atoms with van der Waals surface area (Å²) in [5.41, 5.74) is 12.5. The lowest BCUT2D eigenvalue weighted by Gasteiger charge is -2.33. The van der Waals surface area contributed by atoms with Crippen molar-refractivity contribution in [1.29, 1.82) is 0 Å². The van der Waals surface area contributed by atoms with Gasteiger partial charge in [0.25, 0.3) is 0 Å². The third-order valence-electron chi connectivity index (χ3n) is 2.93. The van der Waals surface area contributed by atoms with Crippen LogP contribution in [0.5, 0.6) is 0 Å². The van der Waals surface area contributed by atoms with Crippen molar-refractivity contribution in [2.75, 3.05) is 0 Å². The molecule has 0 bridgehead atoms. The zero-order valence-corrected chi connectivity index (χ0v) is 9.34. The van der Waals surface area contributed by atoms with E-state index in [1.54, 1.807) is 12.2 Å². The minimum atomic E-state index is -1.10. The summed E-state index contributed by atoms with van der Waals surface area (Å²) in [6, 6.07) is 9.35. The molecule has 1 aromatic rings. The highest BCUT2D eigenvalue weighted by atomic mass is 16.1. The van der Waals surface area contributed by atoms with Gasteiger partial charge in [-0.1, -0.05) is 48.6 Å². The molecule has 0 saturated carbocycles. The maximum atomic E-state index is 10.9. The highest BCUT2D eigenvalue weighted by molar-refractivity contribution is 5.62. The zero-order chi connectivity index (χ0) is 12.3. The third-order valence-corrected chi connectivity index (χ3v) is 2.93. The van der Waals surface area contributed by atoms with E-state index in [1.807, 2.05) is 48.4 Å². The zero-order valence-electron chi connectivity index (χ0n) is 9.34. The fourth-order valence-electron chi connectivity index (χ4n) is 1.96. The van der Waals surface area contributed by atoms with Gasteiger partial charge in [-0.15, -0.1) is 0 Å². The van der Waals surface area contributed by atoms with Crippen LogP contribution in [0.15, 0.2) is 60.2 Å². The molecule has 0 radical (unpaired) electrons. The predicted molar refractivity (Wildman–Crippen MR) is 67.5 cm³/mol. The molecule has 0 amide bonds. The van der Waals surface area contributed by atoms with Crippen LogP contribution >= 0.6 is 0 Å². The average Bonchev–Trinajstić information content (AvgIpc) is 2.39. The molecule has 1 unspecified atom stereocenters. The van der Waals surface area contributed by atoms with E-state index in [4.69, 9.17) is 11.5 Å². The molecule has 3 heteroatoms. The van der Waals surface area contributed by atoms with Gasteiger partial charge in [0.05, 0.1) is 0 Å². The van der Waals surface area contributed by atoms with Crippen LogP contribution in [0.4, 0.5) is 0 Å². The largest absolute Gasteiger partial charge is 0.309 e. The Morgan fingerprint density at radius 2 is 1.82 bits per heavy atom. The smallest absolute Gasteiger partial charge is 0.128 e. The van der Waals surface area contributed by atoms with Gasteiger partial charge in [-0.3, -0.25) is 0 Å². The van der Waals surface area contributed by atoms with Gasteiger partial charge in [0.15, 0.2) is 0 Å². The predicted octanol–water partition coefficient (Wildman–Crippen LogP) is 1.26. The van der Waals surface area contributed by atoms with Gasteiger partial charge < -0.3 is 11.5 Å². The SMILES string of the molecule is NC(N)(c1ccccc1)C1C=CC=CC1=C=O. The third kappa shape index (κ3) is 2.12. The molecule has 86 valence electrons. The first kappa shape index (κ1) is 11.6. The quantitative estimate of drug-likeness (QED) is 0.589. The van der Waals surface area contributed by atoms with Gasteiger partial charge in [0.1, 0.15) is 11.6 Å². The van der Waals surface area contributed by atoms with Crippen molar-refractivity contribution in [2.24, 2.45) is 17.4 Å². The van der Waals surface area contributed by atoms with Gasteiger partial charge >= 0.3 is 0 Å². The molecule has 17 heavy (non-hydrogen) atoms. The molecule has 1 aliphatic carbocycles. The lowest BCUT2D eigenvalue weighted by molar-refractivity contribution is 0.382. The molecule has 3 nitrogen and oxygen atoms in total. The maximum Gasteiger partial charge on any atom is 0.128 e. The number of hydrogen-bond donors (Lipinski definition) is 2. The van der Waals surface area contributed by atoms with Crippen molar-refractivity contribution in [3.05, 3.63) is 65.8 Å². The lowest BCUT2D eigenvalue weighted by Crippen LogP contribution is -2.52. The van der Waals surface area contributed by atoms with E-state index < -0.39 is 5.66 Å². The molecule has 1 aliphatic rings. The first-order chi connectivity index (χ1) is 8.16. The molecule has 0 saturated heterocycles. The molecule has 0 heterocycles. The highest BCUT2D eigenvalue weighted by Gasteiger charge is 2.34. The second-order valence-electron chi connectivity index (χ2n) is 4.08. The summed E-state index contributed by atoms with van der Waals surface area (Å²) in [6.45, 7) is 0. The Bertz CT molecular complexity index is 508. The normalized spacial score (nSPS) is 19.2. The van der Waals surface area contributed by atoms with Gasteiger partial charge in [-0.2, -0.15) is 0 Å². The second kappa shape index (κ2) is 4.52. The number of rotatable bonds is 2. The van der Waals surface area contributed by atoms with Gasteiger partial charge in [-0.05, 0) is 11.6 Å². The summed E-state index contributed by atoms with van der Waals surface area (Å²) in [4.78, 5) is 10.9. The summed E-state index contributed by atoms with van der Waals surface area (Å²) >= 11 is 0. The molecule has 1 atom stereocenters. The molecule has 1 aromatic carbocycles. The fourth-order valence-corrected chi connectivity index (χ4v) is 1.96. The van der Waals surface area contributed by atoms with Crippen molar-refractivity contribution in [3.8, 4) is 0 Å². The van der Waals surface area contributed by atoms with Crippen LogP contribution in [0.25, 0.3) is 0 Å². The van der Waals surface area contributed by atoms with E-state index >= 15 is 0 Å². The number of benzene rings is 1. The first-order valence-electron chi connectivity index (χ1n) is 5.39. The van der Waals surface area contributed by atoms with E-state index in [0.717, 1.165) is 5.56 Å². The summed E-state index contributed by atoms with van der Waals surface area (Å²) in [6.07, 6.45) is 7.13. The van der Waals surface area contributed by atoms with Gasteiger partial charge in [0.2, 0.25) is 0 Å². The first-order valence-corrected chi connectivity index (χ1v) is 5.39. The summed E-state index contributed by atoms with van der Waals surface area (Å²) < 4.78 is 0. The highest BCUT2D eigenvalue weighted by Crippen LogP contribution is 2.30. The van der Waals surface area contributed by atoms with E-state index in [0.29, 0.717) is 5.57 Å². The number of hydrogen-bond acceptors (Lipinski definition) is 3. The summed E-state index contributed by atoms with van der Waals surface area (Å²) in [5.74, 6) is 1.54. The monoisotopic (exact) mass is 226 g/mol. The Kier molecular flexibility index (Phi) is 3.07. The molecule has 0 fully saturated rings. The minimum absolute atomic E-state index is 0.354. The Hall–Kier alpha value is -1.93. The van der Waals surface area contributed by atoms with Crippen LogP contribution in [-0.4, -0.2) is 5.94 Å². The molecule has 0 aliphatic heterocycles. The van der Waals surface area contributed by atoms with Gasteiger partial charge in [-0.25, -0.2) is 4.79 Å². The summed E-state index contributed by atoms with van der Waals surface area (Å²) in [7, 11) is 0. The van der Waals surface area contributed by atoms with Crippen molar-refractivity contribution in [1.82, 2.24) is 0 Å². The maximum absolute atomic E-state index is 10.9. The molecule has 4 N–H and O–H groups in total. The molecule has 2 rings (SSSR count). The fraction of sp³-hybridized carbons (Fsp3) is 0.143. The van der Waals surface area contributed by atoms with Crippen molar-refractivity contribution >= 4 is 5.94 Å². The van der Waals surface area contributed by atoms with Crippen LogP contribution in [0.3, 0.4) is 0 Å².